The predicted octanol–water partition coefficient (Wildman–Crippen LogP) is 4.41. The number of nitrogens with one attached hydrogen (secondary N) is 1. The maximum atomic E-state index is 12.2. The van der Waals surface area contributed by atoms with Crippen molar-refractivity contribution in [2.24, 2.45) is 0 Å². The molecule has 0 bridgehead atoms. The normalized spacial score (nSPS) is 10.5. The number of thiophene rings is 1. The molecule has 0 saturated heterocycles. The first-order valence-electron chi connectivity index (χ1n) is 9.66. The Morgan fingerprint density at radius 2 is 1.71 bits per heavy atom. The lowest BCUT2D eigenvalue weighted by Crippen LogP contribution is -2.22. The monoisotopic (exact) mass is 463 g/mol. The number of rotatable bonds is 10. The maximum absolute atomic E-state index is 12.2. The van der Waals surface area contributed by atoms with Gasteiger partial charge in [-0.15, -0.1) is 23.1 Å². The van der Waals surface area contributed by atoms with Gasteiger partial charge < -0.3 is 14.8 Å². The Labute approximate surface area is 189 Å². The minimum atomic E-state index is -0.645. The van der Waals surface area contributed by atoms with E-state index in [-0.39, 0.29) is 25.2 Å². The van der Waals surface area contributed by atoms with Crippen molar-refractivity contribution in [3.63, 3.8) is 0 Å². The fourth-order valence-electron chi connectivity index (χ4n) is 2.68. The highest BCUT2D eigenvalue weighted by Crippen LogP contribution is 2.33. The zero-order valence-corrected chi connectivity index (χ0v) is 19.5. The molecule has 0 aliphatic rings. The van der Waals surface area contributed by atoms with Crippen LogP contribution in [0.25, 0.3) is 0 Å². The number of esters is 2. The molecule has 0 aliphatic carbocycles. The smallest absolute Gasteiger partial charge is 0.341 e. The number of hydrogen-bond acceptors (Lipinski definition) is 8. The second kappa shape index (κ2) is 11.7. The first-order valence-corrected chi connectivity index (χ1v) is 11.7. The summed E-state index contributed by atoms with van der Waals surface area (Å²) in [6.45, 7) is 5.03. The minimum absolute atomic E-state index is 0.00458. The van der Waals surface area contributed by atoms with Gasteiger partial charge in [0.05, 0.1) is 18.6 Å². The van der Waals surface area contributed by atoms with E-state index < -0.39 is 24.5 Å². The Balaban J connectivity index is 1.84. The summed E-state index contributed by atoms with van der Waals surface area (Å²) in [5.74, 6) is -1.90. The predicted molar refractivity (Wildman–Crippen MR) is 121 cm³/mol. The van der Waals surface area contributed by atoms with Gasteiger partial charge in [-0.2, -0.15) is 0 Å². The number of Topliss-reactive ketones (excluding diaryl/α,β-unsaturated/α-hetero) is 1. The van der Waals surface area contributed by atoms with Crippen LogP contribution < -0.4 is 5.32 Å². The highest BCUT2D eigenvalue weighted by atomic mass is 32.2. The molecule has 0 atom stereocenters. The molecule has 0 spiro atoms. The van der Waals surface area contributed by atoms with E-state index in [4.69, 9.17) is 9.47 Å². The first-order chi connectivity index (χ1) is 14.8. The zero-order chi connectivity index (χ0) is 23.0. The summed E-state index contributed by atoms with van der Waals surface area (Å²) in [5.41, 5.74) is 1.57. The van der Waals surface area contributed by atoms with Gasteiger partial charge in [-0.25, -0.2) is 4.79 Å². The molecule has 1 aromatic heterocycles. The van der Waals surface area contributed by atoms with Gasteiger partial charge in [-0.3, -0.25) is 14.4 Å². The van der Waals surface area contributed by atoms with E-state index in [1.165, 1.54) is 11.3 Å². The average molecular weight is 464 g/mol. The fraction of sp³-hybridized carbons (Fsp3) is 0.364. The van der Waals surface area contributed by atoms with Gasteiger partial charge in [-0.1, -0.05) is 12.1 Å². The highest BCUT2D eigenvalue weighted by Gasteiger charge is 2.22. The Kier molecular flexibility index (Phi) is 9.26. The first kappa shape index (κ1) is 24.6. The van der Waals surface area contributed by atoms with Gasteiger partial charge in [0.2, 0.25) is 0 Å². The SMILES string of the molecule is CCOC(=O)c1c(NC(=O)COC(=O)CCC(=O)c2ccc(SC)cc2)sc(C)c1C. The molecule has 166 valence electrons. The number of ketones is 1. The van der Waals surface area contributed by atoms with Gasteiger partial charge in [0.1, 0.15) is 5.00 Å². The Bertz CT molecular complexity index is 965. The highest BCUT2D eigenvalue weighted by molar-refractivity contribution is 7.98. The number of benzene rings is 1. The summed E-state index contributed by atoms with van der Waals surface area (Å²) in [6, 6.07) is 7.14. The molecule has 2 aromatic rings. The van der Waals surface area contributed by atoms with E-state index in [1.54, 1.807) is 37.7 Å². The van der Waals surface area contributed by atoms with Crippen molar-refractivity contribution >= 4 is 51.7 Å². The van der Waals surface area contributed by atoms with Crippen molar-refractivity contribution < 1.29 is 28.7 Å². The molecule has 0 fully saturated rings. The lowest BCUT2D eigenvalue weighted by Gasteiger charge is -2.08. The molecule has 31 heavy (non-hydrogen) atoms. The van der Waals surface area contributed by atoms with E-state index >= 15 is 0 Å². The van der Waals surface area contributed by atoms with Crippen LogP contribution in [0.15, 0.2) is 29.2 Å². The third-order valence-electron chi connectivity index (χ3n) is 4.45. The Morgan fingerprint density at radius 3 is 2.32 bits per heavy atom. The molecule has 1 N–H and O–H groups in total. The molecule has 0 saturated carbocycles. The van der Waals surface area contributed by atoms with Crippen molar-refractivity contribution in [3.05, 3.63) is 45.8 Å². The quantitative estimate of drug-likeness (QED) is 0.317. The van der Waals surface area contributed by atoms with Crippen LogP contribution in [0.3, 0.4) is 0 Å². The second-order valence-electron chi connectivity index (χ2n) is 6.57. The van der Waals surface area contributed by atoms with Crippen LogP contribution >= 0.6 is 23.1 Å². The number of aryl methyl sites for hydroxylation is 1. The molecular formula is C22H25NO6S2. The number of amides is 1. The number of hydrogen-bond donors (Lipinski definition) is 1. The molecule has 9 heteroatoms. The van der Waals surface area contributed by atoms with Crippen molar-refractivity contribution in [2.45, 2.75) is 38.5 Å². The molecule has 7 nitrogen and oxygen atoms in total. The van der Waals surface area contributed by atoms with Gasteiger partial charge in [-0.05, 0) is 44.7 Å². The van der Waals surface area contributed by atoms with Crippen LogP contribution in [0.1, 0.15) is 50.9 Å². The summed E-state index contributed by atoms with van der Waals surface area (Å²) in [7, 11) is 0. The Morgan fingerprint density at radius 1 is 1.03 bits per heavy atom. The van der Waals surface area contributed by atoms with Crippen LogP contribution in [-0.4, -0.2) is 43.1 Å². The molecule has 1 amide bonds. The summed E-state index contributed by atoms with van der Waals surface area (Å²) in [5, 5.41) is 2.96. The molecule has 0 unspecified atom stereocenters. The summed E-state index contributed by atoms with van der Waals surface area (Å²) < 4.78 is 10.0. The van der Waals surface area contributed by atoms with Crippen LogP contribution in [0, 0.1) is 13.8 Å². The van der Waals surface area contributed by atoms with E-state index in [0.29, 0.717) is 16.1 Å². The van der Waals surface area contributed by atoms with Gasteiger partial charge >= 0.3 is 11.9 Å². The third-order valence-corrected chi connectivity index (χ3v) is 6.32. The third kappa shape index (κ3) is 6.93. The van der Waals surface area contributed by atoms with E-state index in [1.807, 2.05) is 25.3 Å². The zero-order valence-electron chi connectivity index (χ0n) is 17.9. The summed E-state index contributed by atoms with van der Waals surface area (Å²) in [6.07, 6.45) is 1.82. The van der Waals surface area contributed by atoms with Crippen LogP contribution in [0.4, 0.5) is 5.00 Å². The second-order valence-corrected chi connectivity index (χ2v) is 8.67. The lowest BCUT2D eigenvalue weighted by atomic mass is 10.1. The van der Waals surface area contributed by atoms with E-state index in [9.17, 15) is 19.2 Å². The van der Waals surface area contributed by atoms with Crippen molar-refractivity contribution in [1.29, 1.82) is 0 Å². The maximum Gasteiger partial charge on any atom is 0.341 e. The number of carbonyl (C=O) groups excluding carboxylic acids is 4. The number of thioether (sulfide) groups is 1. The average Bonchev–Trinajstić information content (AvgIpc) is 3.03. The standard InChI is InChI=1S/C22H25NO6S2/c1-5-28-22(27)20-13(2)14(3)31-21(20)23-18(25)12-29-19(26)11-10-17(24)15-6-8-16(30-4)9-7-15/h6-9H,5,10-12H2,1-4H3,(H,23,25). The number of anilines is 1. The molecule has 2 rings (SSSR count). The minimum Gasteiger partial charge on any atom is -0.462 e. The molecule has 0 aliphatic heterocycles. The molecular weight excluding hydrogens is 438 g/mol. The van der Waals surface area contributed by atoms with Gasteiger partial charge in [0.15, 0.2) is 12.4 Å². The largest absolute Gasteiger partial charge is 0.462 e. The van der Waals surface area contributed by atoms with Crippen molar-refractivity contribution in [2.75, 3.05) is 24.8 Å². The van der Waals surface area contributed by atoms with Crippen LogP contribution in [0.5, 0.6) is 0 Å². The number of carbonyl (C=O) groups is 4. The van der Waals surface area contributed by atoms with Crippen LogP contribution in [0.2, 0.25) is 0 Å². The number of ether oxygens (including phenoxy) is 2. The summed E-state index contributed by atoms with van der Waals surface area (Å²) in [4.78, 5) is 50.4. The van der Waals surface area contributed by atoms with Crippen molar-refractivity contribution in [1.82, 2.24) is 0 Å². The molecule has 0 radical (unpaired) electrons. The van der Waals surface area contributed by atoms with E-state index in [2.05, 4.69) is 5.32 Å². The van der Waals surface area contributed by atoms with Crippen LogP contribution in [-0.2, 0) is 19.1 Å². The Hall–Kier alpha value is -2.65. The molecule has 1 heterocycles. The molecule has 1 aromatic carbocycles. The van der Waals surface area contributed by atoms with Gasteiger partial charge in [0, 0.05) is 21.8 Å². The lowest BCUT2D eigenvalue weighted by molar-refractivity contribution is -0.147. The topological polar surface area (TPSA) is 98.8 Å². The van der Waals surface area contributed by atoms with E-state index in [0.717, 1.165) is 15.3 Å². The van der Waals surface area contributed by atoms with Crippen molar-refractivity contribution in [3.8, 4) is 0 Å². The summed E-state index contributed by atoms with van der Waals surface area (Å²) >= 11 is 2.83. The van der Waals surface area contributed by atoms with Gasteiger partial charge in [0.25, 0.3) is 5.91 Å². The fourth-order valence-corrected chi connectivity index (χ4v) is 4.15.